The number of nitrogens with zero attached hydrogens (tertiary/aromatic N) is 2. The number of amides is 3. The molecule has 25 heavy (non-hydrogen) atoms. The minimum Gasteiger partial charge on any atom is -0.411 e. The van der Waals surface area contributed by atoms with Gasteiger partial charge in [0.2, 0.25) is 5.91 Å². The van der Waals surface area contributed by atoms with Crippen molar-refractivity contribution in [1.82, 2.24) is 20.8 Å². The molecule has 3 amide bonds. The van der Waals surface area contributed by atoms with Crippen LogP contribution in [0.3, 0.4) is 0 Å². The second kappa shape index (κ2) is 7.64. The van der Waals surface area contributed by atoms with Crippen molar-refractivity contribution in [2.45, 2.75) is 43.7 Å². The van der Waals surface area contributed by atoms with E-state index in [9.17, 15) is 14.0 Å². The number of halogens is 1. The molecule has 0 radical (unpaired) electrons. The SMILES string of the molecule is C[C@H](Sc1nnc(-c2ccccc2F)o1)C(=O)NC(=O)NC(C)(C)C. The third kappa shape index (κ3) is 5.56. The molecule has 0 saturated heterocycles. The van der Waals surface area contributed by atoms with Crippen LogP contribution in [0.1, 0.15) is 27.7 Å². The molecule has 2 N–H and O–H groups in total. The molecule has 1 aromatic heterocycles. The Morgan fingerprint density at radius 3 is 2.56 bits per heavy atom. The van der Waals surface area contributed by atoms with E-state index in [1.165, 1.54) is 12.1 Å². The number of benzene rings is 1. The Bertz CT molecular complexity index is 773. The van der Waals surface area contributed by atoms with Gasteiger partial charge in [0.25, 0.3) is 11.1 Å². The average Bonchev–Trinajstić information content (AvgIpc) is 2.93. The zero-order valence-corrected chi connectivity index (χ0v) is 15.1. The molecule has 0 fully saturated rings. The summed E-state index contributed by atoms with van der Waals surface area (Å²) in [7, 11) is 0. The summed E-state index contributed by atoms with van der Waals surface area (Å²) in [5.41, 5.74) is -0.273. The van der Waals surface area contributed by atoms with Gasteiger partial charge in [0.15, 0.2) is 0 Å². The number of nitrogens with one attached hydrogen (secondary N) is 2. The smallest absolute Gasteiger partial charge is 0.321 e. The van der Waals surface area contributed by atoms with E-state index in [1.54, 1.807) is 39.8 Å². The third-order valence-corrected chi connectivity index (χ3v) is 3.82. The maximum Gasteiger partial charge on any atom is 0.321 e. The van der Waals surface area contributed by atoms with Crippen molar-refractivity contribution in [2.75, 3.05) is 0 Å². The molecular weight excluding hydrogens is 347 g/mol. The molecule has 1 aromatic carbocycles. The van der Waals surface area contributed by atoms with E-state index in [-0.39, 0.29) is 16.7 Å². The van der Waals surface area contributed by atoms with Crippen LogP contribution >= 0.6 is 11.8 Å². The predicted octanol–water partition coefficient (Wildman–Crippen LogP) is 2.98. The number of urea groups is 1. The molecule has 0 saturated carbocycles. The fourth-order valence-electron chi connectivity index (χ4n) is 1.79. The van der Waals surface area contributed by atoms with Crippen molar-refractivity contribution in [3.63, 3.8) is 0 Å². The van der Waals surface area contributed by atoms with Gasteiger partial charge >= 0.3 is 6.03 Å². The molecule has 0 bridgehead atoms. The van der Waals surface area contributed by atoms with Gasteiger partial charge in [0, 0.05) is 5.54 Å². The van der Waals surface area contributed by atoms with Crippen molar-refractivity contribution in [3.8, 4) is 11.5 Å². The number of hydrogen-bond acceptors (Lipinski definition) is 6. The van der Waals surface area contributed by atoms with Crippen molar-refractivity contribution < 1.29 is 18.4 Å². The molecule has 1 atom stereocenters. The van der Waals surface area contributed by atoms with Crippen LogP contribution in [0.4, 0.5) is 9.18 Å². The molecule has 0 aliphatic rings. The maximum atomic E-state index is 13.7. The highest BCUT2D eigenvalue weighted by molar-refractivity contribution is 8.00. The van der Waals surface area contributed by atoms with Crippen LogP contribution in [0.2, 0.25) is 0 Å². The highest BCUT2D eigenvalue weighted by atomic mass is 32.2. The van der Waals surface area contributed by atoms with Crippen LogP contribution in [-0.4, -0.2) is 32.9 Å². The van der Waals surface area contributed by atoms with Crippen LogP contribution in [0.15, 0.2) is 33.9 Å². The van der Waals surface area contributed by atoms with Crippen molar-refractivity contribution in [2.24, 2.45) is 0 Å². The Balaban J connectivity index is 1.97. The van der Waals surface area contributed by atoms with E-state index in [4.69, 9.17) is 4.42 Å². The molecule has 134 valence electrons. The van der Waals surface area contributed by atoms with E-state index in [0.717, 1.165) is 11.8 Å². The van der Waals surface area contributed by atoms with Gasteiger partial charge in [-0.1, -0.05) is 23.9 Å². The van der Waals surface area contributed by atoms with Crippen LogP contribution < -0.4 is 10.6 Å². The lowest BCUT2D eigenvalue weighted by Gasteiger charge is -2.20. The standard InChI is InChI=1S/C16H19FN4O3S/c1-9(12(22)18-14(23)19-16(2,3)4)25-15-21-20-13(24-15)10-7-5-6-8-11(10)17/h5-9H,1-4H3,(H2,18,19,22,23)/t9-/m0/s1. The number of imide groups is 1. The Kier molecular flexibility index (Phi) is 5.78. The molecular formula is C16H19FN4O3S. The van der Waals surface area contributed by atoms with Gasteiger partial charge in [-0.25, -0.2) is 9.18 Å². The van der Waals surface area contributed by atoms with Gasteiger partial charge in [-0.2, -0.15) is 0 Å². The van der Waals surface area contributed by atoms with Crippen molar-refractivity contribution >= 4 is 23.7 Å². The second-order valence-electron chi connectivity index (χ2n) is 6.31. The van der Waals surface area contributed by atoms with E-state index in [1.807, 2.05) is 0 Å². The van der Waals surface area contributed by atoms with Crippen molar-refractivity contribution in [3.05, 3.63) is 30.1 Å². The van der Waals surface area contributed by atoms with Crippen LogP contribution in [0.25, 0.3) is 11.5 Å². The van der Waals surface area contributed by atoms with Crippen molar-refractivity contribution in [1.29, 1.82) is 0 Å². The van der Waals surface area contributed by atoms with E-state index in [2.05, 4.69) is 20.8 Å². The third-order valence-electron chi connectivity index (χ3n) is 2.88. The largest absolute Gasteiger partial charge is 0.411 e. The minimum atomic E-state index is -0.653. The van der Waals surface area contributed by atoms with Gasteiger partial charge in [0.1, 0.15) is 5.82 Å². The molecule has 1 heterocycles. The van der Waals surface area contributed by atoms with E-state index >= 15 is 0 Å². The van der Waals surface area contributed by atoms with E-state index in [0.29, 0.717) is 0 Å². The lowest BCUT2D eigenvalue weighted by molar-refractivity contribution is -0.119. The molecule has 9 heteroatoms. The van der Waals surface area contributed by atoms with Crippen LogP contribution in [-0.2, 0) is 4.79 Å². The first-order valence-electron chi connectivity index (χ1n) is 7.54. The van der Waals surface area contributed by atoms with Crippen LogP contribution in [0, 0.1) is 5.82 Å². The normalized spacial score (nSPS) is 12.5. The summed E-state index contributed by atoms with van der Waals surface area (Å²) >= 11 is 0.978. The zero-order valence-electron chi connectivity index (χ0n) is 14.3. The first-order chi connectivity index (χ1) is 11.7. The van der Waals surface area contributed by atoms with Gasteiger partial charge in [-0.05, 0) is 39.8 Å². The summed E-state index contributed by atoms with van der Waals surface area (Å²) in [6.07, 6.45) is 0. The topological polar surface area (TPSA) is 97.1 Å². The molecule has 0 unspecified atom stereocenters. The first kappa shape index (κ1) is 18.9. The number of carbonyl (C=O) groups excluding carboxylic acids is 2. The minimum absolute atomic E-state index is 0.0266. The van der Waals surface area contributed by atoms with Gasteiger partial charge in [-0.3, -0.25) is 10.1 Å². The summed E-state index contributed by atoms with van der Waals surface area (Å²) in [6.45, 7) is 7.01. The lowest BCUT2D eigenvalue weighted by Crippen LogP contribution is -2.49. The fraction of sp³-hybridized carbons (Fsp3) is 0.375. The number of hydrogen-bond donors (Lipinski definition) is 2. The summed E-state index contributed by atoms with van der Waals surface area (Å²) in [5.74, 6) is -0.955. The number of aromatic nitrogens is 2. The lowest BCUT2D eigenvalue weighted by atomic mass is 10.1. The number of rotatable bonds is 4. The molecule has 7 nitrogen and oxygen atoms in total. The highest BCUT2D eigenvalue weighted by Crippen LogP contribution is 2.27. The quantitative estimate of drug-likeness (QED) is 0.808. The summed E-state index contributed by atoms with van der Waals surface area (Å²) in [6, 6.07) is 5.43. The summed E-state index contributed by atoms with van der Waals surface area (Å²) in [5, 5.41) is 11.9. The molecule has 2 aromatic rings. The zero-order chi connectivity index (χ0) is 18.6. The Morgan fingerprint density at radius 1 is 1.24 bits per heavy atom. The molecule has 2 rings (SSSR count). The molecule has 0 aliphatic heterocycles. The average molecular weight is 366 g/mol. The van der Waals surface area contributed by atoms with Crippen LogP contribution in [0.5, 0.6) is 0 Å². The summed E-state index contributed by atoms with van der Waals surface area (Å²) < 4.78 is 19.1. The highest BCUT2D eigenvalue weighted by Gasteiger charge is 2.22. The second-order valence-corrected chi connectivity index (χ2v) is 7.60. The molecule has 0 spiro atoms. The van der Waals surface area contributed by atoms with Gasteiger partial charge < -0.3 is 9.73 Å². The van der Waals surface area contributed by atoms with Gasteiger partial charge in [-0.15, -0.1) is 10.2 Å². The number of thioether (sulfide) groups is 1. The monoisotopic (exact) mass is 366 g/mol. The number of carbonyl (C=O) groups is 2. The predicted molar refractivity (Wildman–Crippen MR) is 91.4 cm³/mol. The first-order valence-corrected chi connectivity index (χ1v) is 8.42. The molecule has 0 aliphatic carbocycles. The van der Waals surface area contributed by atoms with Gasteiger partial charge in [0.05, 0.1) is 10.8 Å². The fourth-order valence-corrected chi connectivity index (χ4v) is 2.47. The Hall–Kier alpha value is -2.42. The Morgan fingerprint density at radius 2 is 1.92 bits per heavy atom. The van der Waals surface area contributed by atoms with E-state index < -0.39 is 28.5 Å². The summed E-state index contributed by atoms with van der Waals surface area (Å²) in [4.78, 5) is 23.7. The maximum absolute atomic E-state index is 13.7. The Labute approximate surface area is 148 Å².